The molecule has 2 heterocycles. The van der Waals surface area contributed by atoms with E-state index in [-0.39, 0.29) is 42.3 Å². The van der Waals surface area contributed by atoms with Crippen molar-refractivity contribution in [1.29, 1.82) is 0 Å². The van der Waals surface area contributed by atoms with E-state index in [1.54, 1.807) is 16.8 Å². The zero-order valence-corrected chi connectivity index (χ0v) is 28.8. The Morgan fingerprint density at radius 1 is 0.816 bits per heavy atom. The summed E-state index contributed by atoms with van der Waals surface area (Å²) in [4.78, 5) is 44.3. The minimum absolute atomic E-state index is 0.106. The van der Waals surface area contributed by atoms with Crippen LogP contribution in [-0.4, -0.2) is 34.8 Å². The van der Waals surface area contributed by atoms with Crippen LogP contribution < -0.4 is 20.9 Å². The molecular formula is C40H44N4O5. The SMILES string of the molecule is CC(=O)OCCOc1cccc(-c2c(NC(=O)Nc3c(C(C)C)cccc3C(C)C)c(=O)n(CCCc3ccccc3)c3ncccc23)c1. The second kappa shape index (κ2) is 16.1. The number of esters is 1. The lowest BCUT2D eigenvalue weighted by molar-refractivity contribution is -0.141. The van der Waals surface area contributed by atoms with Gasteiger partial charge in [0.1, 0.15) is 30.3 Å². The van der Waals surface area contributed by atoms with E-state index in [0.29, 0.717) is 40.9 Å². The number of aryl methyl sites for hydroxylation is 2. The molecule has 2 amide bonds. The van der Waals surface area contributed by atoms with Crippen LogP contribution in [0.4, 0.5) is 16.2 Å². The van der Waals surface area contributed by atoms with E-state index in [9.17, 15) is 14.4 Å². The van der Waals surface area contributed by atoms with Gasteiger partial charge in [0.2, 0.25) is 0 Å². The van der Waals surface area contributed by atoms with Crippen LogP contribution in [-0.2, 0) is 22.5 Å². The van der Waals surface area contributed by atoms with E-state index < -0.39 is 6.03 Å². The van der Waals surface area contributed by atoms with E-state index in [0.717, 1.165) is 23.2 Å². The zero-order chi connectivity index (χ0) is 34.9. The first kappa shape index (κ1) is 34.9. The van der Waals surface area contributed by atoms with E-state index in [1.807, 2.05) is 66.7 Å². The van der Waals surface area contributed by atoms with Gasteiger partial charge in [-0.25, -0.2) is 9.78 Å². The number of aromatic nitrogens is 2. The third kappa shape index (κ3) is 8.54. The van der Waals surface area contributed by atoms with Gasteiger partial charge >= 0.3 is 12.0 Å². The number of ether oxygens (including phenoxy) is 2. The summed E-state index contributed by atoms with van der Waals surface area (Å²) in [5, 5.41) is 6.78. The molecule has 0 radical (unpaired) electrons. The standard InChI is InChI=1S/C40H44N4O5/c1-26(2)32-18-10-19-33(27(3)4)36(32)42-40(47)43-37-35(30-16-9-17-31(25-30)49-24-23-48-28(5)45)34-20-11-21-41-38(34)44(39(37)46)22-12-15-29-13-7-6-8-14-29/h6-11,13-14,16-21,25-27H,12,15,22-24H2,1-5H3,(H2,42,43,47). The van der Waals surface area contributed by atoms with Crippen LogP contribution in [0.3, 0.4) is 0 Å². The third-order valence-corrected chi connectivity index (χ3v) is 8.34. The van der Waals surface area contributed by atoms with Crippen LogP contribution in [0.15, 0.2) is 95.9 Å². The van der Waals surface area contributed by atoms with Gasteiger partial charge in [-0.05, 0) is 71.2 Å². The van der Waals surface area contributed by atoms with Gasteiger partial charge < -0.3 is 20.1 Å². The number of urea groups is 1. The molecule has 0 aliphatic carbocycles. The van der Waals surface area contributed by atoms with Gasteiger partial charge in [0, 0.05) is 36.3 Å². The van der Waals surface area contributed by atoms with Crippen molar-refractivity contribution in [3.05, 3.63) is 118 Å². The number of rotatable bonds is 13. The van der Waals surface area contributed by atoms with Crippen molar-refractivity contribution in [2.75, 3.05) is 23.8 Å². The number of anilines is 2. The minimum atomic E-state index is -0.513. The highest BCUT2D eigenvalue weighted by molar-refractivity contribution is 6.07. The Balaban J connectivity index is 1.59. The van der Waals surface area contributed by atoms with Gasteiger partial charge in [0.15, 0.2) is 0 Å². The summed E-state index contributed by atoms with van der Waals surface area (Å²) in [6, 6.07) is 26.7. The number of para-hydroxylation sites is 1. The molecule has 5 aromatic rings. The Morgan fingerprint density at radius 3 is 2.20 bits per heavy atom. The largest absolute Gasteiger partial charge is 0.490 e. The molecule has 0 saturated carbocycles. The van der Waals surface area contributed by atoms with E-state index in [1.165, 1.54) is 12.5 Å². The van der Waals surface area contributed by atoms with Crippen molar-refractivity contribution in [2.45, 2.75) is 65.8 Å². The first-order chi connectivity index (χ1) is 23.6. The molecule has 0 atom stereocenters. The second-order valence-electron chi connectivity index (χ2n) is 12.6. The molecule has 0 spiro atoms. The molecule has 3 aromatic carbocycles. The van der Waals surface area contributed by atoms with Gasteiger partial charge in [-0.1, -0.05) is 88.4 Å². The van der Waals surface area contributed by atoms with Crippen molar-refractivity contribution >= 4 is 34.4 Å². The van der Waals surface area contributed by atoms with Crippen LogP contribution >= 0.6 is 0 Å². The Bertz CT molecular complexity index is 1960. The quantitative estimate of drug-likeness (QED) is 0.0967. The van der Waals surface area contributed by atoms with Crippen molar-refractivity contribution < 1.29 is 19.1 Å². The lowest BCUT2D eigenvalue weighted by Crippen LogP contribution is -2.30. The maximum atomic E-state index is 14.5. The number of amides is 2. The number of nitrogens with zero attached hydrogens (tertiary/aromatic N) is 2. The number of benzene rings is 3. The van der Waals surface area contributed by atoms with E-state index >= 15 is 0 Å². The molecule has 0 saturated heterocycles. The summed E-state index contributed by atoms with van der Waals surface area (Å²) in [7, 11) is 0. The number of nitrogens with one attached hydrogen (secondary N) is 2. The molecule has 0 unspecified atom stereocenters. The van der Waals surface area contributed by atoms with Gasteiger partial charge in [0.05, 0.1) is 0 Å². The predicted octanol–water partition coefficient (Wildman–Crippen LogP) is 8.53. The molecule has 2 N–H and O–H groups in total. The number of hydrogen-bond donors (Lipinski definition) is 2. The summed E-state index contributed by atoms with van der Waals surface area (Å²) in [6.45, 7) is 10.4. The first-order valence-electron chi connectivity index (χ1n) is 16.8. The second-order valence-corrected chi connectivity index (χ2v) is 12.6. The van der Waals surface area contributed by atoms with Crippen molar-refractivity contribution in [3.63, 3.8) is 0 Å². The number of pyridine rings is 2. The van der Waals surface area contributed by atoms with Gasteiger partial charge in [-0.3, -0.25) is 14.2 Å². The highest BCUT2D eigenvalue weighted by Crippen LogP contribution is 2.36. The summed E-state index contributed by atoms with van der Waals surface area (Å²) < 4.78 is 12.5. The van der Waals surface area contributed by atoms with Crippen molar-refractivity contribution in [1.82, 2.24) is 9.55 Å². The van der Waals surface area contributed by atoms with Crippen LogP contribution in [0.5, 0.6) is 5.75 Å². The lowest BCUT2D eigenvalue weighted by Gasteiger charge is -2.22. The van der Waals surface area contributed by atoms with Crippen molar-refractivity contribution in [2.24, 2.45) is 0 Å². The molecule has 9 heteroatoms. The highest BCUT2D eigenvalue weighted by atomic mass is 16.6. The van der Waals surface area contributed by atoms with Gasteiger partial charge in [0.25, 0.3) is 5.56 Å². The normalized spacial score (nSPS) is 11.2. The lowest BCUT2D eigenvalue weighted by atomic mass is 9.93. The smallest absolute Gasteiger partial charge is 0.323 e. The maximum Gasteiger partial charge on any atom is 0.323 e. The van der Waals surface area contributed by atoms with Crippen molar-refractivity contribution in [3.8, 4) is 16.9 Å². The molecule has 254 valence electrons. The average Bonchev–Trinajstić information content (AvgIpc) is 3.08. The summed E-state index contributed by atoms with van der Waals surface area (Å²) in [5.41, 5.74) is 5.47. The summed E-state index contributed by atoms with van der Waals surface area (Å²) in [6.07, 6.45) is 3.15. The monoisotopic (exact) mass is 660 g/mol. The van der Waals surface area contributed by atoms with Crippen LogP contribution in [0.25, 0.3) is 22.2 Å². The highest BCUT2D eigenvalue weighted by Gasteiger charge is 2.23. The number of fused-ring (bicyclic) bond motifs is 1. The third-order valence-electron chi connectivity index (χ3n) is 8.34. The molecule has 0 fully saturated rings. The fraction of sp³-hybridized carbons (Fsp3) is 0.300. The maximum absolute atomic E-state index is 14.5. The zero-order valence-electron chi connectivity index (χ0n) is 28.8. The minimum Gasteiger partial charge on any atom is -0.490 e. The summed E-state index contributed by atoms with van der Waals surface area (Å²) in [5.74, 6) is 0.478. The number of carbonyl (C=O) groups excluding carboxylic acids is 2. The predicted molar refractivity (Wildman–Crippen MR) is 196 cm³/mol. The van der Waals surface area contributed by atoms with Gasteiger partial charge in [-0.15, -0.1) is 0 Å². The van der Waals surface area contributed by atoms with Gasteiger partial charge in [-0.2, -0.15) is 0 Å². The van der Waals surface area contributed by atoms with Crippen LogP contribution in [0.1, 0.15) is 69.6 Å². The Labute approximate surface area is 287 Å². The fourth-order valence-electron chi connectivity index (χ4n) is 6.03. The first-order valence-corrected chi connectivity index (χ1v) is 16.8. The Morgan fingerprint density at radius 2 is 1.51 bits per heavy atom. The Hall–Kier alpha value is -5.44. The number of carbonyl (C=O) groups is 2. The topological polar surface area (TPSA) is 112 Å². The molecule has 5 rings (SSSR count). The van der Waals surface area contributed by atoms with E-state index in [2.05, 4.69) is 55.4 Å². The molecular weight excluding hydrogens is 616 g/mol. The van der Waals surface area contributed by atoms with Crippen LogP contribution in [0, 0.1) is 0 Å². The Kier molecular flexibility index (Phi) is 11.5. The molecule has 49 heavy (non-hydrogen) atoms. The fourth-order valence-corrected chi connectivity index (χ4v) is 6.03. The number of hydrogen-bond acceptors (Lipinski definition) is 6. The molecule has 0 aliphatic heterocycles. The molecule has 0 aliphatic rings. The average molecular weight is 661 g/mol. The summed E-state index contributed by atoms with van der Waals surface area (Å²) >= 11 is 0. The van der Waals surface area contributed by atoms with E-state index in [4.69, 9.17) is 9.47 Å². The van der Waals surface area contributed by atoms with Crippen LogP contribution in [0.2, 0.25) is 0 Å². The molecule has 9 nitrogen and oxygen atoms in total. The molecule has 2 aromatic heterocycles. The molecule has 0 bridgehead atoms.